The van der Waals surface area contributed by atoms with E-state index in [-0.39, 0.29) is 18.4 Å². The molecule has 190 valence electrons. The molecule has 4 aromatic rings. The Morgan fingerprint density at radius 2 is 1.70 bits per heavy atom. The zero-order valence-corrected chi connectivity index (χ0v) is 21.0. The smallest absolute Gasteiger partial charge is 0.255 e. The summed E-state index contributed by atoms with van der Waals surface area (Å²) < 4.78 is 5.40. The van der Waals surface area contributed by atoms with Gasteiger partial charge >= 0.3 is 0 Å². The van der Waals surface area contributed by atoms with Crippen LogP contribution < -0.4 is 20.7 Å². The number of aliphatic hydroxyl groups is 1. The van der Waals surface area contributed by atoms with Crippen molar-refractivity contribution in [3.63, 3.8) is 0 Å². The van der Waals surface area contributed by atoms with Crippen LogP contribution in [0.2, 0.25) is 0 Å². The summed E-state index contributed by atoms with van der Waals surface area (Å²) >= 11 is 0. The molecule has 2 amide bonds. The second-order valence-corrected chi connectivity index (χ2v) is 8.35. The van der Waals surface area contributed by atoms with E-state index in [0.29, 0.717) is 51.8 Å². The minimum atomic E-state index is -0.298. The highest BCUT2D eigenvalue weighted by Crippen LogP contribution is 2.33. The van der Waals surface area contributed by atoms with Gasteiger partial charge in [-0.1, -0.05) is 19.1 Å². The number of amides is 2. The molecule has 0 unspecified atom stereocenters. The number of fused-ring (bicyclic) bond motifs is 1. The second-order valence-electron chi connectivity index (χ2n) is 8.35. The zero-order valence-electron chi connectivity index (χ0n) is 21.0. The average molecular weight is 500 g/mol. The van der Waals surface area contributed by atoms with Crippen LogP contribution in [0.25, 0.3) is 22.2 Å². The molecule has 0 fully saturated rings. The van der Waals surface area contributed by atoms with E-state index in [2.05, 4.69) is 25.9 Å². The maximum Gasteiger partial charge on any atom is 0.255 e. The predicted molar refractivity (Wildman–Crippen MR) is 144 cm³/mol. The number of carbonyl (C=O) groups excluding carboxylic acids is 2. The van der Waals surface area contributed by atoms with Crippen molar-refractivity contribution in [2.45, 2.75) is 20.0 Å². The monoisotopic (exact) mass is 499 g/mol. The lowest BCUT2D eigenvalue weighted by Crippen LogP contribution is -2.24. The van der Waals surface area contributed by atoms with Crippen LogP contribution in [0, 0.1) is 0 Å². The van der Waals surface area contributed by atoms with E-state index in [1.54, 1.807) is 50.6 Å². The molecular formula is C28H29N5O4. The summed E-state index contributed by atoms with van der Waals surface area (Å²) in [5.74, 6) is 0.505. The number of benzene rings is 3. The standard InChI is InChI=1S/C28H29N5O4/c1-4-12-30-26(35)17-8-10-18(11-9-17)27(36)31-21-7-5-6-19(13-21)25-22-14-20(16-34)24(37-3)15-23(22)32-28(29-2)33-25/h5-11,13-15,34H,4,12,16H2,1-3H3,(H,30,35)(H,31,36)(H,29,32,33). The van der Waals surface area contributed by atoms with Gasteiger partial charge in [0.15, 0.2) is 0 Å². The number of rotatable bonds is 9. The van der Waals surface area contributed by atoms with Crippen LogP contribution in [-0.2, 0) is 6.61 Å². The number of ether oxygens (including phenoxy) is 1. The van der Waals surface area contributed by atoms with Gasteiger partial charge in [-0.2, -0.15) is 0 Å². The Balaban J connectivity index is 1.63. The minimum absolute atomic E-state index is 0.165. The Hall–Kier alpha value is -4.50. The molecule has 0 radical (unpaired) electrons. The molecule has 0 aliphatic carbocycles. The van der Waals surface area contributed by atoms with Crippen molar-refractivity contribution in [2.75, 3.05) is 31.3 Å². The van der Waals surface area contributed by atoms with Gasteiger partial charge in [0.05, 0.1) is 24.9 Å². The maximum absolute atomic E-state index is 12.9. The first-order valence-electron chi connectivity index (χ1n) is 11.9. The zero-order chi connectivity index (χ0) is 26.4. The van der Waals surface area contributed by atoms with Crippen molar-refractivity contribution in [1.29, 1.82) is 0 Å². The van der Waals surface area contributed by atoms with Crippen LogP contribution >= 0.6 is 0 Å². The third-order valence-electron chi connectivity index (χ3n) is 5.83. The van der Waals surface area contributed by atoms with E-state index < -0.39 is 0 Å². The Morgan fingerprint density at radius 3 is 2.35 bits per heavy atom. The molecule has 9 nitrogen and oxygen atoms in total. The van der Waals surface area contributed by atoms with Gasteiger partial charge in [0.2, 0.25) is 5.95 Å². The van der Waals surface area contributed by atoms with E-state index >= 15 is 0 Å². The summed E-state index contributed by atoms with van der Waals surface area (Å²) in [6, 6.07) is 17.4. The van der Waals surface area contributed by atoms with E-state index in [9.17, 15) is 14.7 Å². The number of aliphatic hydroxyl groups excluding tert-OH is 1. The van der Waals surface area contributed by atoms with E-state index in [4.69, 9.17) is 4.74 Å². The van der Waals surface area contributed by atoms with Crippen LogP contribution in [0.15, 0.2) is 60.7 Å². The topological polar surface area (TPSA) is 125 Å². The first kappa shape index (κ1) is 25.6. The van der Waals surface area contributed by atoms with Gasteiger partial charge in [0, 0.05) is 53.0 Å². The van der Waals surface area contributed by atoms with Crippen molar-refractivity contribution < 1.29 is 19.4 Å². The Bertz CT molecular complexity index is 1440. The average Bonchev–Trinajstić information content (AvgIpc) is 2.94. The molecule has 0 atom stereocenters. The summed E-state index contributed by atoms with van der Waals surface area (Å²) in [6.45, 7) is 2.39. The van der Waals surface area contributed by atoms with Crippen molar-refractivity contribution in [3.05, 3.63) is 77.4 Å². The number of nitrogens with zero attached hydrogens (tertiary/aromatic N) is 2. The van der Waals surface area contributed by atoms with E-state index in [1.807, 2.05) is 31.2 Å². The fourth-order valence-corrected chi connectivity index (χ4v) is 3.91. The van der Waals surface area contributed by atoms with E-state index in [0.717, 1.165) is 17.4 Å². The van der Waals surface area contributed by atoms with Crippen LogP contribution in [0.3, 0.4) is 0 Å². The van der Waals surface area contributed by atoms with Crippen molar-refractivity contribution >= 4 is 34.4 Å². The predicted octanol–water partition coefficient (Wildman–Crippen LogP) is 4.23. The summed E-state index contributed by atoms with van der Waals surface area (Å²) in [6.07, 6.45) is 0.850. The highest BCUT2D eigenvalue weighted by Gasteiger charge is 2.15. The van der Waals surface area contributed by atoms with Gasteiger partial charge in [-0.15, -0.1) is 0 Å². The fourth-order valence-electron chi connectivity index (χ4n) is 3.91. The molecule has 0 saturated carbocycles. The molecule has 4 rings (SSSR count). The maximum atomic E-state index is 12.9. The molecular weight excluding hydrogens is 470 g/mol. The van der Waals surface area contributed by atoms with Crippen molar-refractivity contribution in [2.24, 2.45) is 0 Å². The molecule has 0 aliphatic heterocycles. The minimum Gasteiger partial charge on any atom is -0.496 e. The van der Waals surface area contributed by atoms with Gasteiger partial charge in [0.1, 0.15) is 5.75 Å². The Kier molecular flexibility index (Phi) is 7.95. The SMILES string of the molecule is CCCNC(=O)c1ccc(C(=O)Nc2cccc(-c3nc(NC)nc4cc(OC)c(CO)cc34)c2)cc1. The van der Waals surface area contributed by atoms with Gasteiger partial charge in [-0.05, 0) is 48.9 Å². The van der Waals surface area contributed by atoms with Crippen LogP contribution in [0.1, 0.15) is 39.6 Å². The molecule has 9 heteroatoms. The summed E-state index contributed by atoms with van der Waals surface area (Å²) in [4.78, 5) is 34.2. The molecule has 0 spiro atoms. The number of anilines is 2. The summed E-state index contributed by atoms with van der Waals surface area (Å²) in [5.41, 5.74) is 4.20. The second kappa shape index (κ2) is 11.5. The fraction of sp³-hybridized carbons (Fsp3) is 0.214. The first-order chi connectivity index (χ1) is 18.0. The van der Waals surface area contributed by atoms with Crippen LogP contribution in [0.4, 0.5) is 11.6 Å². The van der Waals surface area contributed by atoms with Gasteiger partial charge in [0.25, 0.3) is 11.8 Å². The van der Waals surface area contributed by atoms with Crippen LogP contribution in [-0.4, -0.2) is 47.6 Å². The lowest BCUT2D eigenvalue weighted by molar-refractivity contribution is 0.0951. The largest absolute Gasteiger partial charge is 0.496 e. The number of hydrogen-bond donors (Lipinski definition) is 4. The molecule has 37 heavy (non-hydrogen) atoms. The lowest BCUT2D eigenvalue weighted by atomic mass is 10.0. The van der Waals surface area contributed by atoms with Crippen LogP contribution in [0.5, 0.6) is 5.75 Å². The normalized spacial score (nSPS) is 10.7. The summed E-state index contributed by atoms with van der Waals surface area (Å²) in [7, 11) is 3.28. The molecule has 3 aromatic carbocycles. The molecule has 4 N–H and O–H groups in total. The number of nitrogens with one attached hydrogen (secondary N) is 3. The van der Waals surface area contributed by atoms with Crippen molar-refractivity contribution in [3.8, 4) is 17.0 Å². The highest BCUT2D eigenvalue weighted by atomic mass is 16.5. The quantitative estimate of drug-likeness (QED) is 0.272. The lowest BCUT2D eigenvalue weighted by Gasteiger charge is -2.13. The first-order valence-corrected chi connectivity index (χ1v) is 11.9. The molecule has 1 heterocycles. The Morgan fingerprint density at radius 1 is 0.973 bits per heavy atom. The molecule has 0 saturated heterocycles. The number of aromatic nitrogens is 2. The van der Waals surface area contributed by atoms with Gasteiger partial charge < -0.3 is 25.8 Å². The highest BCUT2D eigenvalue weighted by molar-refractivity contribution is 6.05. The third kappa shape index (κ3) is 5.68. The van der Waals surface area contributed by atoms with E-state index in [1.165, 1.54) is 0 Å². The number of hydrogen-bond acceptors (Lipinski definition) is 7. The number of carbonyl (C=O) groups is 2. The third-order valence-corrected chi connectivity index (χ3v) is 5.83. The Labute approximate surface area is 214 Å². The number of methoxy groups -OCH3 is 1. The summed E-state index contributed by atoms with van der Waals surface area (Å²) in [5, 5.41) is 19.3. The van der Waals surface area contributed by atoms with Gasteiger partial charge in [-0.25, -0.2) is 9.97 Å². The van der Waals surface area contributed by atoms with Gasteiger partial charge in [-0.3, -0.25) is 9.59 Å². The molecule has 0 bridgehead atoms. The molecule has 1 aromatic heterocycles. The molecule has 0 aliphatic rings. The van der Waals surface area contributed by atoms with Crippen molar-refractivity contribution in [1.82, 2.24) is 15.3 Å².